The van der Waals surface area contributed by atoms with E-state index in [0.717, 1.165) is 12.1 Å². The number of hydrogen-bond acceptors (Lipinski definition) is 3. The third-order valence-electron chi connectivity index (χ3n) is 4.89. The highest BCUT2D eigenvalue weighted by atomic mass is 19.4. The van der Waals surface area contributed by atoms with Gasteiger partial charge in [-0.1, -0.05) is 18.7 Å². The zero-order chi connectivity index (χ0) is 20.2. The van der Waals surface area contributed by atoms with Gasteiger partial charge in [0.1, 0.15) is 0 Å². The number of nitrogens with zero attached hydrogens (tertiary/aromatic N) is 1. The van der Waals surface area contributed by atoms with E-state index >= 15 is 0 Å². The summed E-state index contributed by atoms with van der Waals surface area (Å²) in [6, 6.07) is 4.56. The Hall–Kier alpha value is -2.35. The van der Waals surface area contributed by atoms with Crippen molar-refractivity contribution in [1.29, 1.82) is 0 Å². The summed E-state index contributed by atoms with van der Waals surface area (Å²) in [7, 11) is 0. The van der Waals surface area contributed by atoms with Crippen molar-refractivity contribution in [3.8, 4) is 0 Å². The van der Waals surface area contributed by atoms with Crippen molar-refractivity contribution in [2.24, 2.45) is 5.92 Å². The topological polar surface area (TPSA) is 69.6 Å². The average Bonchev–Trinajstić information content (AvgIpc) is 2.66. The lowest BCUT2D eigenvalue weighted by Gasteiger charge is -2.35. The Morgan fingerprint density at radius 2 is 1.89 bits per heavy atom. The molecule has 27 heavy (non-hydrogen) atoms. The predicted molar refractivity (Wildman–Crippen MR) is 93.5 cm³/mol. The van der Waals surface area contributed by atoms with E-state index in [-0.39, 0.29) is 23.3 Å². The molecule has 1 saturated heterocycles. The molecule has 1 aliphatic heterocycles. The van der Waals surface area contributed by atoms with Crippen molar-refractivity contribution in [2.45, 2.75) is 31.5 Å². The van der Waals surface area contributed by atoms with Gasteiger partial charge in [-0.05, 0) is 43.5 Å². The number of carbonyl (C=O) groups excluding carboxylic acids is 2. The van der Waals surface area contributed by atoms with Crippen LogP contribution in [0, 0.1) is 5.92 Å². The summed E-state index contributed by atoms with van der Waals surface area (Å²) in [6.07, 6.45) is -2.41. The molecular formula is C19H23F3N2O3. The van der Waals surface area contributed by atoms with Gasteiger partial charge < -0.3 is 15.3 Å². The summed E-state index contributed by atoms with van der Waals surface area (Å²) in [4.78, 5) is 25.8. The molecule has 1 aromatic rings. The first-order valence-corrected chi connectivity index (χ1v) is 8.62. The number of halogens is 3. The summed E-state index contributed by atoms with van der Waals surface area (Å²) in [5.41, 5.74) is -2.01. The summed E-state index contributed by atoms with van der Waals surface area (Å²) in [5.74, 6) is -0.928. The summed E-state index contributed by atoms with van der Waals surface area (Å²) in [5, 5.41) is 12.5. The van der Waals surface area contributed by atoms with Crippen LogP contribution in [0.2, 0.25) is 0 Å². The molecule has 5 nitrogen and oxygen atoms in total. The van der Waals surface area contributed by atoms with Gasteiger partial charge in [-0.25, -0.2) is 0 Å². The van der Waals surface area contributed by atoms with Crippen LogP contribution in [0.15, 0.2) is 36.9 Å². The fraction of sp³-hybridized carbons (Fsp3) is 0.474. The Kier molecular flexibility index (Phi) is 6.30. The molecule has 1 heterocycles. The van der Waals surface area contributed by atoms with Gasteiger partial charge in [0, 0.05) is 19.0 Å². The van der Waals surface area contributed by atoms with Crippen molar-refractivity contribution < 1.29 is 27.9 Å². The normalized spacial score (nSPS) is 17.9. The lowest BCUT2D eigenvalue weighted by atomic mass is 9.89. The zero-order valence-electron chi connectivity index (χ0n) is 15.1. The van der Waals surface area contributed by atoms with Crippen LogP contribution in [0.25, 0.3) is 0 Å². The van der Waals surface area contributed by atoms with Crippen LogP contribution in [-0.2, 0) is 21.3 Å². The molecule has 1 unspecified atom stereocenters. The number of benzene rings is 1. The number of rotatable bonds is 5. The average molecular weight is 384 g/mol. The van der Waals surface area contributed by atoms with Crippen LogP contribution in [0.5, 0.6) is 0 Å². The second-order valence-corrected chi connectivity index (χ2v) is 6.86. The highest BCUT2D eigenvalue weighted by molar-refractivity contribution is 5.87. The van der Waals surface area contributed by atoms with Crippen LogP contribution in [-0.4, -0.2) is 41.5 Å². The lowest BCUT2D eigenvalue weighted by molar-refractivity contribution is -0.137. The fourth-order valence-corrected chi connectivity index (χ4v) is 3.11. The maximum atomic E-state index is 13.0. The van der Waals surface area contributed by atoms with Crippen LogP contribution in [0.1, 0.15) is 30.9 Å². The molecule has 1 aliphatic rings. The summed E-state index contributed by atoms with van der Waals surface area (Å²) >= 11 is 0. The van der Waals surface area contributed by atoms with Gasteiger partial charge >= 0.3 is 6.18 Å². The largest absolute Gasteiger partial charge is 0.416 e. The van der Waals surface area contributed by atoms with Crippen LogP contribution in [0.4, 0.5) is 13.2 Å². The second kappa shape index (κ2) is 8.12. The molecule has 2 rings (SSSR count). The molecule has 0 saturated carbocycles. The fourth-order valence-electron chi connectivity index (χ4n) is 3.11. The van der Waals surface area contributed by atoms with E-state index in [1.807, 2.05) is 0 Å². The van der Waals surface area contributed by atoms with Gasteiger partial charge in [-0.15, -0.1) is 0 Å². The molecule has 1 aromatic carbocycles. The molecule has 0 radical (unpaired) electrons. The van der Waals surface area contributed by atoms with Gasteiger partial charge in [-0.3, -0.25) is 9.59 Å². The molecular weight excluding hydrogens is 361 g/mol. The number of likely N-dealkylation sites (tertiary alicyclic amines) is 1. The molecule has 1 fully saturated rings. The van der Waals surface area contributed by atoms with E-state index in [1.54, 1.807) is 4.90 Å². The lowest BCUT2D eigenvalue weighted by Crippen LogP contribution is -2.50. The Morgan fingerprint density at radius 3 is 2.41 bits per heavy atom. The van der Waals surface area contributed by atoms with E-state index < -0.39 is 23.9 Å². The van der Waals surface area contributed by atoms with E-state index in [2.05, 4.69) is 11.9 Å². The van der Waals surface area contributed by atoms with Crippen LogP contribution >= 0.6 is 0 Å². The highest BCUT2D eigenvalue weighted by Crippen LogP contribution is 2.32. The number of nitrogens with one attached hydrogen (secondary N) is 1. The third-order valence-corrected chi connectivity index (χ3v) is 4.89. The van der Waals surface area contributed by atoms with Gasteiger partial charge in [-0.2, -0.15) is 13.2 Å². The van der Waals surface area contributed by atoms with E-state index in [4.69, 9.17) is 0 Å². The Labute approximate surface area is 155 Å². The maximum Gasteiger partial charge on any atom is 0.416 e. The number of aliphatic hydroxyl groups excluding tert-OH is 1. The predicted octanol–water partition coefficient (Wildman–Crippen LogP) is 2.45. The molecule has 148 valence electrons. The third kappa shape index (κ3) is 4.88. The molecule has 8 heteroatoms. The van der Waals surface area contributed by atoms with Gasteiger partial charge in [0.15, 0.2) is 0 Å². The van der Waals surface area contributed by atoms with Crippen molar-refractivity contribution in [2.75, 3.05) is 19.7 Å². The molecule has 0 aromatic heterocycles. The van der Waals surface area contributed by atoms with Gasteiger partial charge in [0.25, 0.3) is 0 Å². The van der Waals surface area contributed by atoms with E-state index in [0.29, 0.717) is 25.9 Å². The van der Waals surface area contributed by atoms with Crippen LogP contribution < -0.4 is 5.32 Å². The van der Waals surface area contributed by atoms with Crippen molar-refractivity contribution >= 4 is 11.8 Å². The first kappa shape index (κ1) is 21.0. The van der Waals surface area contributed by atoms with Crippen molar-refractivity contribution in [3.63, 3.8) is 0 Å². The quantitative estimate of drug-likeness (QED) is 0.767. The highest BCUT2D eigenvalue weighted by Gasteiger charge is 2.36. The number of alkyl halides is 3. The SMILES string of the molecule is C=CC(=O)N1CCC(C(=O)NC(C)(CO)c2cccc(C(F)(F)F)c2)CC1. The minimum atomic E-state index is -4.51. The summed E-state index contributed by atoms with van der Waals surface area (Å²) < 4.78 is 38.9. The molecule has 2 amide bonds. The Morgan fingerprint density at radius 1 is 1.30 bits per heavy atom. The minimum absolute atomic E-state index is 0.174. The molecule has 0 spiro atoms. The Balaban J connectivity index is 2.11. The Bertz CT molecular complexity index is 712. The zero-order valence-corrected chi connectivity index (χ0v) is 15.1. The van der Waals surface area contributed by atoms with Gasteiger partial charge in [0.2, 0.25) is 11.8 Å². The van der Waals surface area contributed by atoms with E-state index in [1.165, 1.54) is 25.1 Å². The smallest absolute Gasteiger partial charge is 0.394 e. The van der Waals surface area contributed by atoms with Crippen molar-refractivity contribution in [1.82, 2.24) is 10.2 Å². The number of aliphatic hydroxyl groups is 1. The number of hydrogen-bond donors (Lipinski definition) is 2. The van der Waals surface area contributed by atoms with E-state index in [9.17, 15) is 27.9 Å². The first-order valence-electron chi connectivity index (χ1n) is 8.62. The monoisotopic (exact) mass is 384 g/mol. The standard InChI is InChI=1S/C19H23F3N2O3/c1-3-16(26)24-9-7-13(8-10-24)17(27)23-18(2,12-25)14-5-4-6-15(11-14)19(20,21)22/h3-6,11,13,25H,1,7-10,12H2,2H3,(H,23,27). The molecule has 0 bridgehead atoms. The van der Waals surface area contributed by atoms with Crippen LogP contribution in [0.3, 0.4) is 0 Å². The van der Waals surface area contributed by atoms with Crippen molar-refractivity contribution in [3.05, 3.63) is 48.0 Å². The number of piperidine rings is 1. The first-order chi connectivity index (χ1) is 12.6. The maximum absolute atomic E-state index is 13.0. The minimum Gasteiger partial charge on any atom is -0.394 e. The molecule has 1 atom stereocenters. The van der Waals surface area contributed by atoms with Gasteiger partial charge in [0.05, 0.1) is 17.7 Å². The number of carbonyl (C=O) groups is 2. The number of amides is 2. The summed E-state index contributed by atoms with van der Waals surface area (Å²) in [6.45, 7) is 5.17. The second-order valence-electron chi connectivity index (χ2n) is 6.86. The molecule has 2 N–H and O–H groups in total. The molecule has 0 aliphatic carbocycles.